The average molecular weight is 255 g/mol. The number of aliphatic hydroxyl groups excluding tert-OH is 1. The summed E-state index contributed by atoms with van der Waals surface area (Å²) in [7, 11) is 2.06. The largest absolute Gasteiger partial charge is 0.393 e. The third-order valence-electron chi connectivity index (χ3n) is 3.12. The standard InChI is InChI=1S/C12H21N3OS/c1-8(2)4-11-13-12(17-14-11)15(3)7-9-5-10(16)6-9/h8-10,16H,4-7H2,1-3H3. The maximum atomic E-state index is 9.26. The van der Waals surface area contributed by atoms with Crippen molar-refractivity contribution in [2.75, 3.05) is 18.5 Å². The van der Waals surface area contributed by atoms with Gasteiger partial charge in [-0.1, -0.05) is 13.8 Å². The third kappa shape index (κ3) is 3.39. The molecule has 96 valence electrons. The SMILES string of the molecule is CC(C)Cc1nsc(N(C)CC2CC(O)C2)n1. The summed E-state index contributed by atoms with van der Waals surface area (Å²) in [6.07, 6.45) is 2.75. The summed E-state index contributed by atoms with van der Waals surface area (Å²) in [5.41, 5.74) is 0. The minimum absolute atomic E-state index is 0.0701. The molecule has 1 N–H and O–H groups in total. The Balaban J connectivity index is 1.86. The molecule has 5 heteroatoms. The molecular weight excluding hydrogens is 234 g/mol. The van der Waals surface area contributed by atoms with Crippen LogP contribution in [0.3, 0.4) is 0 Å². The van der Waals surface area contributed by atoms with Gasteiger partial charge in [-0.15, -0.1) is 0 Å². The number of nitrogens with zero attached hydrogens (tertiary/aromatic N) is 3. The molecule has 1 aromatic heterocycles. The lowest BCUT2D eigenvalue weighted by atomic mass is 9.82. The van der Waals surface area contributed by atoms with Crippen molar-refractivity contribution < 1.29 is 5.11 Å². The van der Waals surface area contributed by atoms with E-state index in [1.54, 1.807) is 0 Å². The van der Waals surface area contributed by atoms with Gasteiger partial charge in [0.2, 0.25) is 5.13 Å². The lowest BCUT2D eigenvalue weighted by Gasteiger charge is -2.34. The summed E-state index contributed by atoms with van der Waals surface area (Å²) in [5.74, 6) is 2.18. The molecule has 1 fully saturated rings. The fraction of sp³-hybridized carbons (Fsp3) is 0.833. The number of rotatable bonds is 5. The van der Waals surface area contributed by atoms with Crippen LogP contribution < -0.4 is 4.90 Å². The molecule has 1 saturated carbocycles. The van der Waals surface area contributed by atoms with Crippen LogP contribution in [0.1, 0.15) is 32.5 Å². The van der Waals surface area contributed by atoms with Crippen molar-refractivity contribution in [1.29, 1.82) is 0 Å². The van der Waals surface area contributed by atoms with E-state index in [4.69, 9.17) is 0 Å². The van der Waals surface area contributed by atoms with E-state index in [0.29, 0.717) is 11.8 Å². The molecule has 4 nitrogen and oxygen atoms in total. The zero-order valence-electron chi connectivity index (χ0n) is 10.8. The van der Waals surface area contributed by atoms with Crippen LogP contribution in [0.5, 0.6) is 0 Å². The highest BCUT2D eigenvalue weighted by atomic mass is 32.1. The molecule has 17 heavy (non-hydrogen) atoms. The van der Waals surface area contributed by atoms with Crippen molar-refractivity contribution in [2.45, 2.75) is 39.2 Å². The molecule has 1 aliphatic carbocycles. The van der Waals surface area contributed by atoms with E-state index in [0.717, 1.165) is 36.8 Å². The third-order valence-corrected chi connectivity index (χ3v) is 3.99. The van der Waals surface area contributed by atoms with Gasteiger partial charge < -0.3 is 10.0 Å². The van der Waals surface area contributed by atoms with Gasteiger partial charge >= 0.3 is 0 Å². The first-order valence-electron chi connectivity index (χ1n) is 6.26. The van der Waals surface area contributed by atoms with E-state index in [9.17, 15) is 5.11 Å². The Hall–Kier alpha value is -0.680. The molecule has 0 spiro atoms. The molecule has 0 unspecified atom stereocenters. The smallest absolute Gasteiger partial charge is 0.204 e. The van der Waals surface area contributed by atoms with Crippen LogP contribution in [-0.4, -0.2) is 34.2 Å². The second-order valence-corrected chi connectivity index (χ2v) is 6.19. The van der Waals surface area contributed by atoms with Crippen molar-refractivity contribution in [3.8, 4) is 0 Å². The molecule has 0 atom stereocenters. The maximum Gasteiger partial charge on any atom is 0.204 e. The van der Waals surface area contributed by atoms with Gasteiger partial charge in [-0.3, -0.25) is 0 Å². The fourth-order valence-electron chi connectivity index (χ4n) is 2.16. The highest BCUT2D eigenvalue weighted by Gasteiger charge is 2.28. The molecule has 0 amide bonds. The first-order chi connectivity index (χ1) is 8.04. The molecule has 0 aromatic carbocycles. The van der Waals surface area contributed by atoms with E-state index >= 15 is 0 Å². The lowest BCUT2D eigenvalue weighted by Crippen LogP contribution is -2.37. The number of aromatic nitrogens is 2. The molecule has 2 rings (SSSR count). The van der Waals surface area contributed by atoms with Gasteiger partial charge in [-0.25, -0.2) is 4.98 Å². The quantitative estimate of drug-likeness (QED) is 0.873. The van der Waals surface area contributed by atoms with Crippen LogP contribution in [-0.2, 0) is 6.42 Å². The van der Waals surface area contributed by atoms with E-state index < -0.39 is 0 Å². The Kier molecular flexibility index (Phi) is 3.99. The lowest BCUT2D eigenvalue weighted by molar-refractivity contribution is 0.0465. The van der Waals surface area contributed by atoms with Crippen molar-refractivity contribution in [2.24, 2.45) is 11.8 Å². The second-order valence-electron chi connectivity index (χ2n) is 5.46. The van der Waals surface area contributed by atoms with Crippen molar-refractivity contribution >= 4 is 16.7 Å². The molecule has 0 radical (unpaired) electrons. The van der Waals surface area contributed by atoms with Crippen LogP contribution in [0.15, 0.2) is 0 Å². The van der Waals surface area contributed by atoms with Gasteiger partial charge in [-0.2, -0.15) is 4.37 Å². The van der Waals surface area contributed by atoms with E-state index in [2.05, 4.69) is 35.2 Å². The van der Waals surface area contributed by atoms with Gasteiger partial charge in [0.05, 0.1) is 6.10 Å². The number of aliphatic hydroxyl groups is 1. The normalized spacial score (nSPS) is 23.8. The van der Waals surface area contributed by atoms with Crippen molar-refractivity contribution in [3.05, 3.63) is 5.82 Å². The van der Waals surface area contributed by atoms with Crippen molar-refractivity contribution in [1.82, 2.24) is 9.36 Å². The monoisotopic (exact) mass is 255 g/mol. The van der Waals surface area contributed by atoms with Crippen LogP contribution in [0.25, 0.3) is 0 Å². The Morgan fingerprint density at radius 2 is 2.18 bits per heavy atom. The first-order valence-corrected chi connectivity index (χ1v) is 7.03. The van der Waals surface area contributed by atoms with Gasteiger partial charge in [0.25, 0.3) is 0 Å². The Morgan fingerprint density at radius 1 is 1.47 bits per heavy atom. The summed E-state index contributed by atoms with van der Waals surface area (Å²) in [6.45, 7) is 5.34. The summed E-state index contributed by atoms with van der Waals surface area (Å²) < 4.78 is 4.38. The van der Waals surface area contributed by atoms with E-state index in [1.807, 2.05) is 0 Å². The van der Waals surface area contributed by atoms with Gasteiger partial charge in [0.1, 0.15) is 5.82 Å². The Labute approximate surface area is 107 Å². The predicted molar refractivity (Wildman–Crippen MR) is 70.5 cm³/mol. The molecular formula is C12H21N3OS. The van der Waals surface area contributed by atoms with Gasteiger partial charge in [0, 0.05) is 31.5 Å². The molecule has 1 aromatic rings. The Morgan fingerprint density at radius 3 is 2.76 bits per heavy atom. The van der Waals surface area contributed by atoms with Crippen molar-refractivity contribution in [3.63, 3.8) is 0 Å². The highest BCUT2D eigenvalue weighted by molar-refractivity contribution is 7.09. The number of hydrogen-bond donors (Lipinski definition) is 1. The average Bonchev–Trinajstić information content (AvgIpc) is 2.62. The van der Waals surface area contributed by atoms with Gasteiger partial charge in [0.15, 0.2) is 0 Å². The molecule has 0 saturated heterocycles. The summed E-state index contributed by atoms with van der Waals surface area (Å²) in [6, 6.07) is 0. The summed E-state index contributed by atoms with van der Waals surface area (Å²) >= 11 is 1.48. The second kappa shape index (κ2) is 5.31. The van der Waals surface area contributed by atoms with Crippen LogP contribution in [0.4, 0.5) is 5.13 Å². The van der Waals surface area contributed by atoms with Crippen LogP contribution in [0.2, 0.25) is 0 Å². The highest BCUT2D eigenvalue weighted by Crippen LogP contribution is 2.29. The predicted octanol–water partition coefficient (Wildman–Crippen LogP) is 1.94. The number of anilines is 1. The summed E-state index contributed by atoms with van der Waals surface area (Å²) in [5, 5.41) is 10.3. The van der Waals surface area contributed by atoms with E-state index in [-0.39, 0.29) is 6.10 Å². The molecule has 1 heterocycles. The van der Waals surface area contributed by atoms with Gasteiger partial charge in [-0.05, 0) is 24.7 Å². The Bertz CT molecular complexity index is 360. The fourth-order valence-corrected chi connectivity index (χ4v) is 2.83. The minimum atomic E-state index is -0.0701. The maximum absolute atomic E-state index is 9.26. The van der Waals surface area contributed by atoms with E-state index in [1.165, 1.54) is 11.5 Å². The molecule has 0 bridgehead atoms. The molecule has 0 aliphatic heterocycles. The van der Waals surface area contributed by atoms with Crippen LogP contribution >= 0.6 is 11.5 Å². The van der Waals surface area contributed by atoms with Crippen LogP contribution in [0, 0.1) is 11.8 Å². The zero-order chi connectivity index (χ0) is 12.4. The topological polar surface area (TPSA) is 49.2 Å². The number of hydrogen-bond acceptors (Lipinski definition) is 5. The first kappa shape index (κ1) is 12.8. The molecule has 1 aliphatic rings. The minimum Gasteiger partial charge on any atom is -0.393 e. The summed E-state index contributed by atoms with van der Waals surface area (Å²) in [4.78, 5) is 6.72. The zero-order valence-corrected chi connectivity index (χ0v) is 11.6.